The molecular weight excluding hydrogens is 200 g/mol. The normalized spacial score (nSPS) is 33.5. The molecule has 6 heteroatoms. The van der Waals surface area contributed by atoms with Crippen molar-refractivity contribution in [3.8, 4) is 0 Å². The summed E-state index contributed by atoms with van der Waals surface area (Å²) in [7, 11) is -3.18. The SMILES string of the molecule is CC(F)(F)CC1(N)CCS(=O)(=O)C1. The van der Waals surface area contributed by atoms with Gasteiger partial charge in [0.25, 0.3) is 0 Å². The maximum absolute atomic E-state index is 12.6. The Labute approximate surface area is 76.2 Å². The van der Waals surface area contributed by atoms with E-state index in [9.17, 15) is 17.2 Å². The lowest BCUT2D eigenvalue weighted by molar-refractivity contribution is -0.00564. The lowest BCUT2D eigenvalue weighted by atomic mass is 9.93. The molecule has 1 saturated heterocycles. The van der Waals surface area contributed by atoms with Crippen molar-refractivity contribution in [2.75, 3.05) is 11.5 Å². The molecule has 13 heavy (non-hydrogen) atoms. The predicted molar refractivity (Wildman–Crippen MR) is 45.4 cm³/mol. The van der Waals surface area contributed by atoms with Crippen molar-refractivity contribution in [2.24, 2.45) is 5.73 Å². The smallest absolute Gasteiger partial charge is 0.247 e. The Morgan fingerprint density at radius 3 is 2.38 bits per heavy atom. The third-order valence-electron chi connectivity index (χ3n) is 2.08. The Bertz CT molecular complexity index is 296. The van der Waals surface area contributed by atoms with E-state index in [2.05, 4.69) is 0 Å². The first kappa shape index (κ1) is 10.8. The Hall–Kier alpha value is -0.230. The summed E-state index contributed by atoms with van der Waals surface area (Å²) in [6.07, 6.45) is -0.419. The lowest BCUT2D eigenvalue weighted by Gasteiger charge is -2.25. The molecule has 1 heterocycles. The minimum Gasteiger partial charge on any atom is -0.324 e. The van der Waals surface area contributed by atoms with Gasteiger partial charge in [-0.05, 0) is 13.3 Å². The van der Waals surface area contributed by atoms with Gasteiger partial charge < -0.3 is 5.73 Å². The standard InChI is InChI=1S/C7H13F2NO2S/c1-6(8,9)4-7(10)2-3-13(11,12)5-7/h2-5,10H2,1H3. The minimum absolute atomic E-state index is 0.0699. The second-order valence-electron chi connectivity index (χ2n) is 3.95. The largest absolute Gasteiger partial charge is 0.324 e. The first-order valence-corrected chi connectivity index (χ1v) is 5.81. The molecular formula is C7H13F2NO2S. The molecule has 0 amide bonds. The highest BCUT2D eigenvalue weighted by Gasteiger charge is 2.44. The van der Waals surface area contributed by atoms with E-state index in [1.165, 1.54) is 0 Å². The van der Waals surface area contributed by atoms with Crippen molar-refractivity contribution in [2.45, 2.75) is 31.2 Å². The van der Waals surface area contributed by atoms with Gasteiger partial charge in [-0.15, -0.1) is 0 Å². The number of rotatable bonds is 2. The number of halogens is 2. The molecule has 2 N–H and O–H groups in total. The zero-order valence-electron chi connectivity index (χ0n) is 7.39. The van der Waals surface area contributed by atoms with Gasteiger partial charge in [0.1, 0.15) is 0 Å². The van der Waals surface area contributed by atoms with Gasteiger partial charge in [-0.3, -0.25) is 0 Å². The molecule has 3 nitrogen and oxygen atoms in total. The third kappa shape index (κ3) is 3.19. The van der Waals surface area contributed by atoms with Crippen molar-refractivity contribution in [1.29, 1.82) is 0 Å². The molecule has 0 bridgehead atoms. The van der Waals surface area contributed by atoms with Crippen molar-refractivity contribution in [1.82, 2.24) is 0 Å². The lowest BCUT2D eigenvalue weighted by Crippen LogP contribution is -2.45. The maximum atomic E-state index is 12.6. The summed E-state index contributed by atoms with van der Waals surface area (Å²) in [6, 6.07) is 0. The van der Waals surface area contributed by atoms with Gasteiger partial charge >= 0.3 is 0 Å². The molecule has 1 aliphatic heterocycles. The van der Waals surface area contributed by atoms with Crippen LogP contribution in [0.5, 0.6) is 0 Å². The average Bonchev–Trinajstić information content (AvgIpc) is 2.00. The van der Waals surface area contributed by atoms with Gasteiger partial charge in [0.15, 0.2) is 9.84 Å². The van der Waals surface area contributed by atoms with E-state index in [-0.39, 0.29) is 17.9 Å². The molecule has 1 fully saturated rings. The van der Waals surface area contributed by atoms with E-state index in [1.54, 1.807) is 0 Å². The molecule has 0 aromatic heterocycles. The van der Waals surface area contributed by atoms with E-state index in [0.29, 0.717) is 0 Å². The van der Waals surface area contributed by atoms with Gasteiger partial charge in [-0.1, -0.05) is 0 Å². The average molecular weight is 213 g/mol. The second kappa shape index (κ2) is 2.88. The van der Waals surface area contributed by atoms with E-state index in [1.807, 2.05) is 0 Å². The van der Waals surface area contributed by atoms with Crippen LogP contribution < -0.4 is 5.73 Å². The molecule has 1 rings (SSSR count). The number of sulfone groups is 1. The fourth-order valence-electron chi connectivity index (χ4n) is 1.70. The Balaban J connectivity index is 2.71. The second-order valence-corrected chi connectivity index (χ2v) is 6.14. The van der Waals surface area contributed by atoms with E-state index in [4.69, 9.17) is 5.73 Å². The van der Waals surface area contributed by atoms with Gasteiger partial charge in [-0.2, -0.15) is 0 Å². The Morgan fingerprint density at radius 2 is 2.08 bits per heavy atom. The molecule has 0 spiro atoms. The van der Waals surface area contributed by atoms with Crippen LogP contribution in [0.15, 0.2) is 0 Å². The van der Waals surface area contributed by atoms with Crippen molar-refractivity contribution in [3.05, 3.63) is 0 Å². The van der Waals surface area contributed by atoms with Crippen LogP contribution in [0.1, 0.15) is 19.8 Å². The van der Waals surface area contributed by atoms with Crippen LogP contribution in [0.4, 0.5) is 8.78 Å². The molecule has 1 aliphatic rings. The van der Waals surface area contributed by atoms with Gasteiger partial charge in [0, 0.05) is 12.0 Å². The molecule has 0 aromatic rings. The first-order valence-electron chi connectivity index (χ1n) is 3.99. The molecule has 0 saturated carbocycles. The van der Waals surface area contributed by atoms with Crippen molar-refractivity contribution < 1.29 is 17.2 Å². The first-order chi connectivity index (χ1) is 5.62. The van der Waals surface area contributed by atoms with Crippen molar-refractivity contribution >= 4 is 9.84 Å². The van der Waals surface area contributed by atoms with Crippen LogP contribution in [-0.2, 0) is 9.84 Å². The van der Waals surface area contributed by atoms with E-state index in [0.717, 1.165) is 6.92 Å². The van der Waals surface area contributed by atoms with Crippen LogP contribution >= 0.6 is 0 Å². The number of hydrogen-bond donors (Lipinski definition) is 1. The van der Waals surface area contributed by atoms with Crippen LogP contribution in [0.2, 0.25) is 0 Å². The summed E-state index contributed by atoms with van der Waals surface area (Å²) in [6.45, 7) is 0.756. The summed E-state index contributed by atoms with van der Waals surface area (Å²) in [5, 5.41) is 0. The number of nitrogens with two attached hydrogens (primary N) is 1. The molecule has 0 radical (unpaired) electrons. The van der Waals surface area contributed by atoms with Crippen LogP contribution in [0.25, 0.3) is 0 Å². The fraction of sp³-hybridized carbons (Fsp3) is 1.00. The zero-order valence-corrected chi connectivity index (χ0v) is 8.20. The fourth-order valence-corrected chi connectivity index (χ4v) is 3.68. The molecule has 78 valence electrons. The zero-order chi connectivity index (χ0) is 10.3. The summed E-state index contributed by atoms with van der Waals surface area (Å²) >= 11 is 0. The van der Waals surface area contributed by atoms with E-state index < -0.39 is 27.7 Å². The Kier molecular flexibility index (Phi) is 2.40. The van der Waals surface area contributed by atoms with Crippen LogP contribution in [-0.4, -0.2) is 31.4 Å². The minimum atomic E-state index is -3.18. The van der Waals surface area contributed by atoms with Crippen LogP contribution in [0.3, 0.4) is 0 Å². The van der Waals surface area contributed by atoms with Crippen LogP contribution in [0, 0.1) is 0 Å². The monoisotopic (exact) mass is 213 g/mol. The maximum Gasteiger partial charge on any atom is 0.247 e. The highest BCUT2D eigenvalue weighted by molar-refractivity contribution is 7.91. The highest BCUT2D eigenvalue weighted by atomic mass is 32.2. The summed E-state index contributed by atoms with van der Waals surface area (Å²) in [5.74, 6) is -3.28. The molecule has 0 aliphatic carbocycles. The van der Waals surface area contributed by atoms with Crippen molar-refractivity contribution in [3.63, 3.8) is 0 Å². The Morgan fingerprint density at radius 1 is 1.54 bits per heavy atom. The number of alkyl halides is 2. The summed E-state index contributed by atoms with van der Waals surface area (Å²) < 4.78 is 47.2. The quantitative estimate of drug-likeness (QED) is 0.728. The van der Waals surface area contributed by atoms with Gasteiger partial charge in [-0.25, -0.2) is 17.2 Å². The third-order valence-corrected chi connectivity index (χ3v) is 3.92. The van der Waals surface area contributed by atoms with E-state index >= 15 is 0 Å². The van der Waals surface area contributed by atoms with Gasteiger partial charge in [0.05, 0.1) is 11.5 Å². The molecule has 1 atom stereocenters. The topological polar surface area (TPSA) is 60.2 Å². The summed E-state index contributed by atoms with van der Waals surface area (Å²) in [4.78, 5) is 0. The molecule has 0 aromatic carbocycles. The number of hydrogen-bond acceptors (Lipinski definition) is 3. The van der Waals surface area contributed by atoms with Gasteiger partial charge in [0.2, 0.25) is 5.92 Å². The predicted octanol–water partition coefficient (Wildman–Crippen LogP) is 0.548. The molecule has 1 unspecified atom stereocenters. The summed E-state index contributed by atoms with van der Waals surface area (Å²) in [5.41, 5.74) is 4.34. The highest BCUT2D eigenvalue weighted by Crippen LogP contribution is 2.31.